The van der Waals surface area contributed by atoms with Gasteiger partial charge in [-0.15, -0.1) is 22.9 Å². The van der Waals surface area contributed by atoms with Gasteiger partial charge in [-0.1, -0.05) is 6.07 Å². The number of rotatable bonds is 5. The van der Waals surface area contributed by atoms with Crippen molar-refractivity contribution in [3.05, 3.63) is 22.4 Å². The predicted octanol–water partition coefficient (Wildman–Crippen LogP) is 2.93. The highest BCUT2D eigenvalue weighted by Gasteiger charge is 2.27. The second kappa shape index (κ2) is 7.27. The molecule has 1 saturated heterocycles. The molecule has 0 aromatic carbocycles. The molecule has 2 rings (SSSR count). The molecule has 0 spiro atoms. The first-order valence-electron chi connectivity index (χ1n) is 6.70. The Labute approximate surface area is 123 Å². The highest BCUT2D eigenvalue weighted by molar-refractivity contribution is 7.09. The van der Waals surface area contributed by atoms with Crippen LogP contribution in [0.2, 0.25) is 0 Å². The van der Waals surface area contributed by atoms with Gasteiger partial charge in [0.05, 0.1) is 18.1 Å². The standard InChI is InChI=1S/C14H20ClNO2S/c1-11-9-16(10-12(8-15)18-11)14(17)6-2-4-13-5-3-7-19-13/h3,5,7,11-12H,2,4,6,8-10H2,1H3. The first-order valence-corrected chi connectivity index (χ1v) is 8.12. The second-order valence-corrected chi connectivity index (χ2v) is 6.30. The van der Waals surface area contributed by atoms with Crippen LogP contribution in [0.25, 0.3) is 0 Å². The summed E-state index contributed by atoms with van der Waals surface area (Å²) < 4.78 is 5.66. The van der Waals surface area contributed by atoms with E-state index >= 15 is 0 Å². The van der Waals surface area contributed by atoms with Crippen LogP contribution in [-0.4, -0.2) is 42.0 Å². The highest BCUT2D eigenvalue weighted by Crippen LogP contribution is 2.16. The van der Waals surface area contributed by atoms with E-state index in [9.17, 15) is 4.79 Å². The molecule has 3 nitrogen and oxygen atoms in total. The van der Waals surface area contributed by atoms with Crippen LogP contribution in [0.3, 0.4) is 0 Å². The summed E-state index contributed by atoms with van der Waals surface area (Å²) in [5.41, 5.74) is 0. The predicted molar refractivity (Wildman–Crippen MR) is 78.9 cm³/mol. The molecule has 0 N–H and O–H groups in total. The topological polar surface area (TPSA) is 29.5 Å². The lowest BCUT2D eigenvalue weighted by atomic mass is 10.1. The van der Waals surface area contributed by atoms with Crippen molar-refractivity contribution >= 4 is 28.8 Å². The van der Waals surface area contributed by atoms with E-state index in [0.29, 0.717) is 25.4 Å². The summed E-state index contributed by atoms with van der Waals surface area (Å²) in [4.78, 5) is 15.4. The SMILES string of the molecule is CC1CN(C(=O)CCCc2cccs2)CC(CCl)O1. The molecule has 2 atom stereocenters. The molecule has 2 unspecified atom stereocenters. The summed E-state index contributed by atoms with van der Waals surface area (Å²) in [6, 6.07) is 4.17. The van der Waals surface area contributed by atoms with Crippen LogP contribution >= 0.6 is 22.9 Å². The number of thiophene rings is 1. The summed E-state index contributed by atoms with van der Waals surface area (Å²) in [5.74, 6) is 0.672. The lowest BCUT2D eigenvalue weighted by molar-refractivity contribution is -0.143. The largest absolute Gasteiger partial charge is 0.370 e. The summed E-state index contributed by atoms with van der Waals surface area (Å²) in [6.07, 6.45) is 2.57. The average Bonchev–Trinajstić information content (AvgIpc) is 2.91. The van der Waals surface area contributed by atoms with Crippen molar-refractivity contribution in [2.24, 2.45) is 0 Å². The zero-order valence-electron chi connectivity index (χ0n) is 11.2. The Morgan fingerprint density at radius 3 is 3.11 bits per heavy atom. The Hall–Kier alpha value is -0.580. The molecule has 1 aromatic heterocycles. The molecule has 106 valence electrons. The molecule has 1 aromatic rings. The Kier molecular flexibility index (Phi) is 5.67. The monoisotopic (exact) mass is 301 g/mol. The molecule has 1 amide bonds. The molecule has 0 radical (unpaired) electrons. The molecule has 1 aliphatic rings. The molecule has 1 aliphatic heterocycles. The number of halogens is 1. The number of carbonyl (C=O) groups is 1. The van der Waals surface area contributed by atoms with E-state index in [2.05, 4.69) is 17.5 Å². The van der Waals surface area contributed by atoms with Crippen LogP contribution in [0.4, 0.5) is 0 Å². The maximum Gasteiger partial charge on any atom is 0.222 e. The molecule has 19 heavy (non-hydrogen) atoms. The maximum atomic E-state index is 12.2. The number of carbonyl (C=O) groups excluding carboxylic acids is 1. The second-order valence-electron chi connectivity index (χ2n) is 4.95. The number of ether oxygens (including phenoxy) is 1. The van der Waals surface area contributed by atoms with Crippen LogP contribution in [-0.2, 0) is 16.0 Å². The van der Waals surface area contributed by atoms with E-state index < -0.39 is 0 Å². The van der Waals surface area contributed by atoms with E-state index in [1.807, 2.05) is 11.8 Å². The van der Waals surface area contributed by atoms with E-state index in [1.54, 1.807) is 11.3 Å². The Morgan fingerprint density at radius 1 is 1.58 bits per heavy atom. The zero-order valence-corrected chi connectivity index (χ0v) is 12.8. The Morgan fingerprint density at radius 2 is 2.42 bits per heavy atom. The number of hydrogen-bond donors (Lipinski definition) is 0. The van der Waals surface area contributed by atoms with Gasteiger partial charge in [-0.25, -0.2) is 0 Å². The first-order chi connectivity index (χ1) is 9.19. The van der Waals surface area contributed by atoms with Gasteiger partial charge in [0.25, 0.3) is 0 Å². The lowest BCUT2D eigenvalue weighted by Gasteiger charge is -2.36. The van der Waals surface area contributed by atoms with Gasteiger partial charge in [0.2, 0.25) is 5.91 Å². The van der Waals surface area contributed by atoms with Crippen molar-refractivity contribution in [1.29, 1.82) is 0 Å². The van der Waals surface area contributed by atoms with Crippen LogP contribution < -0.4 is 0 Å². The lowest BCUT2D eigenvalue weighted by Crippen LogP contribution is -2.49. The third-order valence-electron chi connectivity index (χ3n) is 3.25. The van der Waals surface area contributed by atoms with Gasteiger partial charge < -0.3 is 9.64 Å². The van der Waals surface area contributed by atoms with Gasteiger partial charge in [-0.05, 0) is 31.2 Å². The van der Waals surface area contributed by atoms with Crippen LogP contribution in [0.1, 0.15) is 24.6 Å². The maximum absolute atomic E-state index is 12.2. The molecule has 1 fully saturated rings. The molecular weight excluding hydrogens is 282 g/mol. The molecule has 2 heterocycles. The Bertz CT molecular complexity index is 396. The van der Waals surface area contributed by atoms with Gasteiger partial charge in [-0.2, -0.15) is 0 Å². The van der Waals surface area contributed by atoms with Crippen LogP contribution in [0, 0.1) is 0 Å². The van der Waals surface area contributed by atoms with Crippen molar-refractivity contribution in [1.82, 2.24) is 4.90 Å². The number of hydrogen-bond acceptors (Lipinski definition) is 3. The molecule has 0 saturated carbocycles. The minimum absolute atomic E-state index is 0.0216. The molecular formula is C14H20ClNO2S. The van der Waals surface area contributed by atoms with Crippen LogP contribution in [0.5, 0.6) is 0 Å². The van der Waals surface area contributed by atoms with E-state index in [4.69, 9.17) is 16.3 Å². The fourth-order valence-corrected chi connectivity index (χ4v) is 3.28. The van der Waals surface area contributed by atoms with Crippen molar-refractivity contribution in [3.8, 4) is 0 Å². The van der Waals surface area contributed by atoms with Gasteiger partial charge in [0.15, 0.2) is 0 Å². The number of alkyl halides is 1. The van der Waals surface area contributed by atoms with Crippen molar-refractivity contribution in [3.63, 3.8) is 0 Å². The molecule has 5 heteroatoms. The first kappa shape index (κ1) is 14.8. The minimum atomic E-state index is -0.0216. The molecule has 0 bridgehead atoms. The minimum Gasteiger partial charge on any atom is -0.370 e. The smallest absolute Gasteiger partial charge is 0.222 e. The van der Waals surface area contributed by atoms with Gasteiger partial charge >= 0.3 is 0 Å². The molecule has 0 aliphatic carbocycles. The summed E-state index contributed by atoms with van der Waals surface area (Å²) >= 11 is 7.58. The van der Waals surface area contributed by atoms with Gasteiger partial charge in [0, 0.05) is 24.4 Å². The third kappa shape index (κ3) is 4.48. The quantitative estimate of drug-likeness (QED) is 0.783. The summed E-state index contributed by atoms with van der Waals surface area (Å²) in [7, 11) is 0. The van der Waals surface area contributed by atoms with Crippen molar-refractivity contribution in [2.75, 3.05) is 19.0 Å². The number of nitrogens with zero attached hydrogens (tertiary/aromatic N) is 1. The number of amides is 1. The fraction of sp³-hybridized carbons (Fsp3) is 0.643. The average molecular weight is 302 g/mol. The Balaban J connectivity index is 1.75. The number of aryl methyl sites for hydroxylation is 1. The van der Waals surface area contributed by atoms with Gasteiger partial charge in [-0.3, -0.25) is 4.79 Å². The normalized spacial score (nSPS) is 23.6. The van der Waals surface area contributed by atoms with Crippen molar-refractivity contribution < 1.29 is 9.53 Å². The van der Waals surface area contributed by atoms with Crippen molar-refractivity contribution in [2.45, 2.75) is 38.4 Å². The fourth-order valence-electron chi connectivity index (χ4n) is 2.36. The van der Waals surface area contributed by atoms with E-state index in [0.717, 1.165) is 12.8 Å². The highest BCUT2D eigenvalue weighted by atomic mass is 35.5. The zero-order chi connectivity index (χ0) is 13.7. The third-order valence-corrected chi connectivity index (χ3v) is 4.53. The summed E-state index contributed by atoms with van der Waals surface area (Å²) in [5, 5.41) is 2.08. The van der Waals surface area contributed by atoms with Gasteiger partial charge in [0.1, 0.15) is 0 Å². The summed E-state index contributed by atoms with van der Waals surface area (Å²) in [6.45, 7) is 3.31. The van der Waals surface area contributed by atoms with E-state index in [-0.39, 0.29) is 18.1 Å². The van der Waals surface area contributed by atoms with E-state index in [1.165, 1.54) is 4.88 Å². The number of morpholine rings is 1. The van der Waals surface area contributed by atoms with Crippen LogP contribution in [0.15, 0.2) is 17.5 Å².